The zero-order valence-corrected chi connectivity index (χ0v) is 11.7. The van der Waals surface area contributed by atoms with E-state index in [-0.39, 0.29) is 12.4 Å². The molecule has 0 aromatic heterocycles. The quantitative estimate of drug-likeness (QED) is 0.808. The maximum atomic E-state index is 13.4. The van der Waals surface area contributed by atoms with Crippen molar-refractivity contribution in [2.75, 3.05) is 17.2 Å². The number of nitrogens with one attached hydrogen (secondary N) is 2. The second-order valence-electron chi connectivity index (χ2n) is 4.67. The molecule has 0 saturated heterocycles. The van der Waals surface area contributed by atoms with Gasteiger partial charge in [0, 0.05) is 18.0 Å². The van der Waals surface area contributed by atoms with Gasteiger partial charge in [-0.15, -0.1) is 0 Å². The van der Waals surface area contributed by atoms with Crippen LogP contribution in [0.2, 0.25) is 0 Å². The Morgan fingerprint density at radius 1 is 1.19 bits per heavy atom. The molecule has 21 heavy (non-hydrogen) atoms. The molecule has 4 nitrogen and oxygen atoms in total. The molecule has 5 heteroatoms. The van der Waals surface area contributed by atoms with Crippen LogP contribution in [0.4, 0.5) is 20.6 Å². The lowest BCUT2D eigenvalue weighted by Gasteiger charge is -2.11. The standard InChI is InChI=1S/C16H17FN2O2/c1-11-6-7-13(10-14(11)17)18-16(21)19-15-5-3-2-4-12(15)8-9-20/h2-7,10,20H,8-9H2,1H3,(H2,18,19,21). The van der Waals surface area contributed by atoms with Gasteiger partial charge in [-0.3, -0.25) is 0 Å². The Kier molecular flexibility index (Phi) is 4.90. The maximum Gasteiger partial charge on any atom is 0.323 e. The van der Waals surface area contributed by atoms with Crippen molar-refractivity contribution in [1.82, 2.24) is 0 Å². The van der Waals surface area contributed by atoms with E-state index in [4.69, 9.17) is 5.11 Å². The molecule has 0 aliphatic heterocycles. The fraction of sp³-hybridized carbons (Fsp3) is 0.188. The Hall–Kier alpha value is -2.40. The summed E-state index contributed by atoms with van der Waals surface area (Å²) >= 11 is 0. The molecule has 3 N–H and O–H groups in total. The van der Waals surface area contributed by atoms with Crippen LogP contribution in [0.5, 0.6) is 0 Å². The van der Waals surface area contributed by atoms with Crippen molar-refractivity contribution >= 4 is 17.4 Å². The van der Waals surface area contributed by atoms with Gasteiger partial charge in [0.2, 0.25) is 0 Å². The molecule has 2 aromatic carbocycles. The summed E-state index contributed by atoms with van der Waals surface area (Å²) in [5.74, 6) is -0.367. The van der Waals surface area contributed by atoms with E-state index in [1.54, 1.807) is 31.2 Å². The van der Waals surface area contributed by atoms with Crippen molar-refractivity contribution in [2.24, 2.45) is 0 Å². The number of anilines is 2. The van der Waals surface area contributed by atoms with Crippen LogP contribution < -0.4 is 10.6 Å². The number of carbonyl (C=O) groups excluding carboxylic acids is 1. The van der Waals surface area contributed by atoms with Gasteiger partial charge in [-0.25, -0.2) is 9.18 Å². The topological polar surface area (TPSA) is 61.4 Å². The van der Waals surface area contributed by atoms with Gasteiger partial charge < -0.3 is 15.7 Å². The highest BCUT2D eigenvalue weighted by Crippen LogP contribution is 2.17. The molecule has 0 aliphatic rings. The average molecular weight is 288 g/mol. The zero-order chi connectivity index (χ0) is 15.2. The van der Waals surface area contributed by atoms with Gasteiger partial charge in [0.1, 0.15) is 5.82 Å². The fourth-order valence-corrected chi connectivity index (χ4v) is 1.94. The summed E-state index contributed by atoms with van der Waals surface area (Å²) in [6.07, 6.45) is 0.454. The highest BCUT2D eigenvalue weighted by atomic mass is 19.1. The molecule has 0 unspecified atom stereocenters. The van der Waals surface area contributed by atoms with Gasteiger partial charge in [-0.05, 0) is 42.7 Å². The van der Waals surface area contributed by atoms with Crippen LogP contribution in [-0.2, 0) is 6.42 Å². The molecule has 0 heterocycles. The number of rotatable bonds is 4. The molecule has 0 spiro atoms. The molecular weight excluding hydrogens is 271 g/mol. The van der Waals surface area contributed by atoms with Crippen LogP contribution in [0, 0.1) is 12.7 Å². The van der Waals surface area contributed by atoms with E-state index in [2.05, 4.69) is 10.6 Å². The highest BCUT2D eigenvalue weighted by molar-refractivity contribution is 6.00. The van der Waals surface area contributed by atoms with E-state index in [9.17, 15) is 9.18 Å². The molecule has 2 aromatic rings. The molecule has 0 fully saturated rings. The first-order chi connectivity index (χ1) is 10.1. The van der Waals surface area contributed by atoms with Crippen molar-refractivity contribution < 1.29 is 14.3 Å². The average Bonchev–Trinajstić information content (AvgIpc) is 2.45. The SMILES string of the molecule is Cc1ccc(NC(=O)Nc2ccccc2CCO)cc1F. The van der Waals surface area contributed by atoms with Gasteiger partial charge in [-0.1, -0.05) is 24.3 Å². The number of amides is 2. The number of hydrogen-bond acceptors (Lipinski definition) is 2. The number of hydrogen-bond donors (Lipinski definition) is 3. The van der Waals surface area contributed by atoms with E-state index in [1.807, 2.05) is 12.1 Å². The zero-order valence-electron chi connectivity index (χ0n) is 11.7. The molecule has 0 saturated carbocycles. The lowest BCUT2D eigenvalue weighted by molar-refractivity contribution is 0.262. The predicted molar refractivity (Wildman–Crippen MR) is 81.0 cm³/mol. The van der Waals surface area contributed by atoms with Crippen LogP contribution in [0.1, 0.15) is 11.1 Å². The molecule has 0 atom stereocenters. The van der Waals surface area contributed by atoms with E-state index in [0.717, 1.165) is 5.56 Å². The Bertz CT molecular complexity index is 644. The highest BCUT2D eigenvalue weighted by Gasteiger charge is 2.07. The van der Waals surface area contributed by atoms with E-state index in [1.165, 1.54) is 6.07 Å². The first-order valence-electron chi connectivity index (χ1n) is 6.63. The van der Waals surface area contributed by atoms with Gasteiger partial charge in [-0.2, -0.15) is 0 Å². The second kappa shape index (κ2) is 6.85. The Balaban J connectivity index is 2.06. The lowest BCUT2D eigenvalue weighted by Crippen LogP contribution is -2.20. The summed E-state index contributed by atoms with van der Waals surface area (Å²) in [6.45, 7) is 1.66. The third kappa shape index (κ3) is 4.03. The van der Waals surface area contributed by atoms with Crippen molar-refractivity contribution in [3.8, 4) is 0 Å². The minimum atomic E-state index is -0.455. The Labute approximate surface area is 122 Å². The van der Waals surface area contributed by atoms with E-state index >= 15 is 0 Å². The third-order valence-corrected chi connectivity index (χ3v) is 3.08. The smallest absolute Gasteiger partial charge is 0.323 e. The number of halogens is 1. The molecule has 2 amide bonds. The predicted octanol–water partition coefficient (Wildman–Crippen LogP) is 3.31. The minimum absolute atomic E-state index is 0.00346. The normalized spacial score (nSPS) is 10.2. The molecule has 2 rings (SSSR count). The summed E-state index contributed by atoms with van der Waals surface area (Å²) in [7, 11) is 0. The van der Waals surface area contributed by atoms with Gasteiger partial charge in [0.05, 0.1) is 0 Å². The van der Waals surface area contributed by atoms with Crippen LogP contribution >= 0.6 is 0 Å². The largest absolute Gasteiger partial charge is 0.396 e. The summed E-state index contributed by atoms with van der Waals surface area (Å²) in [4.78, 5) is 11.9. The first-order valence-corrected chi connectivity index (χ1v) is 6.63. The first kappa shape index (κ1) is 15.0. The van der Waals surface area contributed by atoms with Gasteiger partial charge >= 0.3 is 6.03 Å². The van der Waals surface area contributed by atoms with Gasteiger partial charge in [0.25, 0.3) is 0 Å². The number of carbonyl (C=O) groups is 1. The van der Waals surface area contributed by atoms with Crippen molar-refractivity contribution in [2.45, 2.75) is 13.3 Å². The van der Waals surface area contributed by atoms with Crippen LogP contribution in [0.3, 0.4) is 0 Å². The number of benzene rings is 2. The summed E-state index contributed by atoms with van der Waals surface area (Å²) in [5, 5.41) is 14.3. The molecule has 0 radical (unpaired) electrons. The van der Waals surface area contributed by atoms with Gasteiger partial charge in [0.15, 0.2) is 0 Å². The number of aliphatic hydroxyl groups is 1. The maximum absolute atomic E-state index is 13.4. The molecule has 110 valence electrons. The number of para-hydroxylation sites is 1. The monoisotopic (exact) mass is 288 g/mol. The number of aryl methyl sites for hydroxylation is 1. The lowest BCUT2D eigenvalue weighted by atomic mass is 10.1. The summed E-state index contributed by atoms with van der Waals surface area (Å²) < 4.78 is 13.4. The van der Waals surface area contributed by atoms with E-state index in [0.29, 0.717) is 23.4 Å². The third-order valence-electron chi connectivity index (χ3n) is 3.08. The van der Waals surface area contributed by atoms with Crippen molar-refractivity contribution in [3.05, 3.63) is 59.4 Å². The number of urea groups is 1. The van der Waals surface area contributed by atoms with E-state index < -0.39 is 6.03 Å². The molecular formula is C16H17FN2O2. The summed E-state index contributed by atoms with van der Waals surface area (Å²) in [6, 6.07) is 11.3. The van der Waals surface area contributed by atoms with Crippen LogP contribution in [0.25, 0.3) is 0 Å². The van der Waals surface area contributed by atoms with Crippen LogP contribution in [-0.4, -0.2) is 17.7 Å². The minimum Gasteiger partial charge on any atom is -0.396 e. The molecule has 0 aliphatic carbocycles. The Morgan fingerprint density at radius 3 is 2.67 bits per heavy atom. The number of aliphatic hydroxyl groups excluding tert-OH is 1. The second-order valence-corrected chi connectivity index (χ2v) is 4.67. The Morgan fingerprint density at radius 2 is 1.95 bits per heavy atom. The van der Waals surface area contributed by atoms with Crippen LogP contribution in [0.15, 0.2) is 42.5 Å². The molecule has 0 bridgehead atoms. The summed E-state index contributed by atoms with van der Waals surface area (Å²) in [5.41, 5.74) is 2.37. The fourth-order valence-electron chi connectivity index (χ4n) is 1.94. The van der Waals surface area contributed by atoms with Crippen molar-refractivity contribution in [1.29, 1.82) is 0 Å². The van der Waals surface area contributed by atoms with Crippen molar-refractivity contribution in [3.63, 3.8) is 0 Å².